The van der Waals surface area contributed by atoms with Crippen molar-refractivity contribution in [2.24, 2.45) is 0 Å². The summed E-state index contributed by atoms with van der Waals surface area (Å²) >= 11 is 0. The van der Waals surface area contributed by atoms with E-state index in [0.717, 1.165) is 29.7 Å². The molecule has 5 heteroatoms. The molecule has 0 aliphatic heterocycles. The summed E-state index contributed by atoms with van der Waals surface area (Å²) in [5.41, 5.74) is 2.10. The smallest absolute Gasteiger partial charge is 0.242 e. The maximum absolute atomic E-state index is 13.2. The maximum Gasteiger partial charge on any atom is 0.242 e. The van der Waals surface area contributed by atoms with Gasteiger partial charge in [0.15, 0.2) is 0 Å². The van der Waals surface area contributed by atoms with Crippen LogP contribution in [0, 0.1) is 0 Å². The highest BCUT2D eigenvalue weighted by molar-refractivity contribution is 5.87. The number of rotatable bonds is 12. The highest BCUT2D eigenvalue weighted by atomic mass is 16.5. The second kappa shape index (κ2) is 12.7. The van der Waals surface area contributed by atoms with Crippen LogP contribution in [-0.4, -0.2) is 36.4 Å². The Kier molecular flexibility index (Phi) is 9.92. The molecule has 1 unspecified atom stereocenters. The number of nitrogens with one attached hydrogen (secondary N) is 1. The molecule has 0 radical (unpaired) electrons. The summed E-state index contributed by atoms with van der Waals surface area (Å²) in [5, 5.41) is 2.99. The number of ether oxygens (including phenoxy) is 1. The van der Waals surface area contributed by atoms with E-state index in [9.17, 15) is 9.59 Å². The molecular weight excluding hydrogens is 376 g/mol. The first kappa shape index (κ1) is 23.5. The van der Waals surface area contributed by atoms with Crippen LogP contribution in [0.1, 0.15) is 50.7 Å². The normalized spacial score (nSPS) is 11.6. The van der Waals surface area contributed by atoms with Crippen molar-refractivity contribution in [3.8, 4) is 5.75 Å². The minimum Gasteiger partial charge on any atom is -0.497 e. The molecule has 0 spiro atoms. The van der Waals surface area contributed by atoms with Gasteiger partial charge in [-0.25, -0.2) is 0 Å². The number of hydrogen-bond donors (Lipinski definition) is 1. The van der Waals surface area contributed by atoms with Gasteiger partial charge in [-0.05, 0) is 42.5 Å². The van der Waals surface area contributed by atoms with Gasteiger partial charge in [0.2, 0.25) is 11.8 Å². The third kappa shape index (κ3) is 7.21. The lowest BCUT2D eigenvalue weighted by molar-refractivity contribution is -0.141. The number of carbonyl (C=O) groups excluding carboxylic acids is 2. The van der Waals surface area contributed by atoms with Crippen molar-refractivity contribution in [2.75, 3.05) is 13.7 Å². The van der Waals surface area contributed by atoms with Crippen LogP contribution in [0.4, 0.5) is 0 Å². The number of amides is 2. The number of carbonyl (C=O) groups is 2. The predicted molar refractivity (Wildman–Crippen MR) is 120 cm³/mol. The van der Waals surface area contributed by atoms with E-state index in [0.29, 0.717) is 32.4 Å². The van der Waals surface area contributed by atoms with Gasteiger partial charge in [0.25, 0.3) is 0 Å². The van der Waals surface area contributed by atoms with Crippen molar-refractivity contribution in [1.82, 2.24) is 10.2 Å². The topological polar surface area (TPSA) is 58.6 Å². The monoisotopic (exact) mass is 410 g/mol. The second-order valence-corrected chi connectivity index (χ2v) is 7.42. The van der Waals surface area contributed by atoms with Crippen molar-refractivity contribution in [2.45, 2.75) is 58.5 Å². The molecule has 0 heterocycles. The Labute approximate surface area is 180 Å². The third-order valence-electron chi connectivity index (χ3n) is 5.20. The Balaban J connectivity index is 2.15. The predicted octanol–water partition coefficient (Wildman–Crippen LogP) is 4.35. The largest absolute Gasteiger partial charge is 0.497 e. The summed E-state index contributed by atoms with van der Waals surface area (Å²) in [4.78, 5) is 27.8. The van der Waals surface area contributed by atoms with Crippen LogP contribution >= 0.6 is 0 Å². The lowest BCUT2D eigenvalue weighted by Crippen LogP contribution is -2.49. The summed E-state index contributed by atoms with van der Waals surface area (Å²) in [5.74, 6) is 0.685. The molecule has 0 saturated heterocycles. The minimum atomic E-state index is -0.479. The summed E-state index contributed by atoms with van der Waals surface area (Å²) in [6.45, 7) is 5.08. The molecular formula is C25H34N2O3. The van der Waals surface area contributed by atoms with Crippen LogP contribution in [0.2, 0.25) is 0 Å². The van der Waals surface area contributed by atoms with E-state index in [-0.39, 0.29) is 11.8 Å². The SMILES string of the molecule is CCCCNC(=O)C(CC)N(Cc1ccc(OC)cc1)C(=O)CCc1ccccc1. The van der Waals surface area contributed by atoms with Crippen molar-refractivity contribution in [3.63, 3.8) is 0 Å². The van der Waals surface area contributed by atoms with Crippen LogP contribution in [0.5, 0.6) is 5.75 Å². The van der Waals surface area contributed by atoms with E-state index >= 15 is 0 Å². The standard InChI is InChI=1S/C25H34N2O3/c1-4-6-18-26-25(29)23(5-2)27(19-21-12-15-22(30-3)16-13-21)24(28)17-14-20-10-8-7-9-11-20/h7-13,15-16,23H,4-6,14,17-19H2,1-3H3,(H,26,29). The van der Waals surface area contributed by atoms with Crippen LogP contribution in [-0.2, 0) is 22.6 Å². The Morgan fingerprint density at radius 2 is 1.70 bits per heavy atom. The van der Waals surface area contributed by atoms with Gasteiger partial charge in [-0.2, -0.15) is 0 Å². The van der Waals surface area contributed by atoms with Crippen LogP contribution in [0.3, 0.4) is 0 Å². The van der Waals surface area contributed by atoms with Gasteiger partial charge in [0.1, 0.15) is 11.8 Å². The molecule has 0 aliphatic rings. The van der Waals surface area contributed by atoms with E-state index in [4.69, 9.17) is 4.74 Å². The molecule has 1 atom stereocenters. The number of unbranched alkanes of at least 4 members (excludes halogenated alkanes) is 1. The molecule has 0 aromatic heterocycles. The van der Waals surface area contributed by atoms with Gasteiger partial charge in [-0.3, -0.25) is 9.59 Å². The summed E-state index contributed by atoms with van der Waals surface area (Å²) in [6, 6.07) is 17.1. The van der Waals surface area contributed by atoms with E-state index in [1.165, 1.54) is 0 Å². The molecule has 0 saturated carbocycles. The van der Waals surface area contributed by atoms with Crippen molar-refractivity contribution < 1.29 is 14.3 Å². The van der Waals surface area contributed by atoms with Crippen LogP contribution < -0.4 is 10.1 Å². The number of nitrogens with zero attached hydrogens (tertiary/aromatic N) is 1. The summed E-state index contributed by atoms with van der Waals surface area (Å²) in [6.07, 6.45) is 3.56. The summed E-state index contributed by atoms with van der Waals surface area (Å²) < 4.78 is 5.23. The highest BCUT2D eigenvalue weighted by Gasteiger charge is 2.28. The number of hydrogen-bond acceptors (Lipinski definition) is 3. The maximum atomic E-state index is 13.2. The molecule has 30 heavy (non-hydrogen) atoms. The Bertz CT molecular complexity index is 775. The number of benzene rings is 2. The average Bonchev–Trinajstić information content (AvgIpc) is 2.78. The van der Waals surface area contributed by atoms with Crippen molar-refractivity contribution >= 4 is 11.8 Å². The fourth-order valence-electron chi connectivity index (χ4n) is 3.39. The molecule has 5 nitrogen and oxygen atoms in total. The Morgan fingerprint density at radius 3 is 2.30 bits per heavy atom. The minimum absolute atomic E-state index is 0.00726. The molecule has 1 N–H and O–H groups in total. The van der Waals surface area contributed by atoms with Crippen molar-refractivity contribution in [1.29, 1.82) is 0 Å². The van der Waals surface area contributed by atoms with E-state index < -0.39 is 6.04 Å². The van der Waals surface area contributed by atoms with Gasteiger partial charge in [0, 0.05) is 19.5 Å². The zero-order chi connectivity index (χ0) is 21.8. The zero-order valence-corrected chi connectivity index (χ0v) is 18.4. The van der Waals surface area contributed by atoms with Gasteiger partial charge in [0.05, 0.1) is 7.11 Å². The van der Waals surface area contributed by atoms with E-state index in [2.05, 4.69) is 12.2 Å². The molecule has 0 aliphatic carbocycles. The van der Waals surface area contributed by atoms with Gasteiger partial charge in [-0.1, -0.05) is 62.7 Å². The zero-order valence-electron chi connectivity index (χ0n) is 18.4. The molecule has 2 aromatic rings. The molecule has 162 valence electrons. The highest BCUT2D eigenvalue weighted by Crippen LogP contribution is 2.17. The molecule has 0 bridgehead atoms. The van der Waals surface area contributed by atoms with Gasteiger partial charge < -0.3 is 15.0 Å². The van der Waals surface area contributed by atoms with E-state index in [1.807, 2.05) is 61.5 Å². The molecule has 2 amide bonds. The second-order valence-electron chi connectivity index (χ2n) is 7.42. The molecule has 2 aromatic carbocycles. The fraction of sp³-hybridized carbons (Fsp3) is 0.440. The average molecular weight is 411 g/mol. The van der Waals surface area contributed by atoms with Crippen LogP contribution in [0.25, 0.3) is 0 Å². The first-order valence-corrected chi connectivity index (χ1v) is 10.8. The van der Waals surface area contributed by atoms with Gasteiger partial charge in [-0.15, -0.1) is 0 Å². The molecule has 0 fully saturated rings. The van der Waals surface area contributed by atoms with Crippen LogP contribution in [0.15, 0.2) is 54.6 Å². The first-order chi connectivity index (χ1) is 14.6. The Hall–Kier alpha value is -2.82. The third-order valence-corrected chi connectivity index (χ3v) is 5.20. The van der Waals surface area contributed by atoms with E-state index in [1.54, 1.807) is 12.0 Å². The molecule has 2 rings (SSSR count). The summed E-state index contributed by atoms with van der Waals surface area (Å²) in [7, 11) is 1.63. The van der Waals surface area contributed by atoms with Crippen molar-refractivity contribution in [3.05, 3.63) is 65.7 Å². The van der Waals surface area contributed by atoms with Gasteiger partial charge >= 0.3 is 0 Å². The Morgan fingerprint density at radius 1 is 1.00 bits per heavy atom. The number of aryl methyl sites for hydroxylation is 1. The number of methoxy groups -OCH3 is 1. The first-order valence-electron chi connectivity index (χ1n) is 10.8. The quantitative estimate of drug-likeness (QED) is 0.529. The fourth-order valence-corrected chi connectivity index (χ4v) is 3.39. The lowest BCUT2D eigenvalue weighted by atomic mass is 10.1. The lowest BCUT2D eigenvalue weighted by Gasteiger charge is -2.31.